The fourth-order valence-electron chi connectivity index (χ4n) is 2.58. The lowest BCUT2D eigenvalue weighted by Gasteiger charge is -2.16. The summed E-state index contributed by atoms with van der Waals surface area (Å²) < 4.78 is 5.60. The molecule has 1 N–H and O–H groups in total. The molecule has 8 heteroatoms. The first kappa shape index (κ1) is 20.6. The van der Waals surface area contributed by atoms with Gasteiger partial charge in [-0.1, -0.05) is 35.3 Å². The number of nitro groups is 1. The van der Waals surface area contributed by atoms with Crippen LogP contribution in [0.5, 0.6) is 5.75 Å². The number of carbonyl (C=O) groups is 1. The van der Waals surface area contributed by atoms with Gasteiger partial charge >= 0.3 is 0 Å². The third-order valence-corrected chi connectivity index (χ3v) is 4.66. The average molecular weight is 431 g/mol. The predicted octanol–water partition coefficient (Wildman–Crippen LogP) is 5.97. The number of hydrogen-bond acceptors (Lipinski definition) is 4. The largest absolute Gasteiger partial charge is 0.479 e. The Kier molecular flexibility index (Phi) is 6.36. The van der Waals surface area contributed by atoms with Crippen molar-refractivity contribution in [2.45, 2.75) is 13.0 Å². The Balaban J connectivity index is 1.64. The van der Waals surface area contributed by atoms with Gasteiger partial charge in [-0.25, -0.2) is 0 Å². The fraction of sp³-hybridized carbons (Fsp3) is 0.0952. The monoisotopic (exact) mass is 430 g/mol. The lowest BCUT2D eigenvalue weighted by molar-refractivity contribution is -0.384. The van der Waals surface area contributed by atoms with Crippen LogP contribution in [0.1, 0.15) is 6.92 Å². The van der Waals surface area contributed by atoms with Gasteiger partial charge in [0, 0.05) is 22.8 Å². The highest BCUT2D eigenvalue weighted by Gasteiger charge is 2.16. The highest BCUT2D eigenvalue weighted by Crippen LogP contribution is 2.28. The topological polar surface area (TPSA) is 81.5 Å². The molecule has 1 unspecified atom stereocenters. The predicted molar refractivity (Wildman–Crippen MR) is 114 cm³/mol. The van der Waals surface area contributed by atoms with Gasteiger partial charge in [0.2, 0.25) is 0 Å². The van der Waals surface area contributed by atoms with Crippen LogP contribution < -0.4 is 10.1 Å². The Morgan fingerprint density at radius 2 is 1.59 bits per heavy atom. The molecule has 0 aliphatic rings. The quantitative estimate of drug-likeness (QED) is 0.385. The van der Waals surface area contributed by atoms with Crippen LogP contribution in [0.2, 0.25) is 10.0 Å². The van der Waals surface area contributed by atoms with Crippen molar-refractivity contribution in [3.8, 4) is 16.9 Å². The lowest BCUT2D eigenvalue weighted by Crippen LogP contribution is -2.30. The maximum absolute atomic E-state index is 12.4. The van der Waals surface area contributed by atoms with E-state index in [-0.39, 0.29) is 11.6 Å². The van der Waals surface area contributed by atoms with Crippen LogP contribution in [0.3, 0.4) is 0 Å². The normalized spacial score (nSPS) is 11.6. The maximum atomic E-state index is 12.4. The number of rotatable bonds is 6. The molecule has 0 aromatic heterocycles. The van der Waals surface area contributed by atoms with Crippen LogP contribution in [0.4, 0.5) is 11.4 Å². The number of ether oxygens (including phenoxy) is 1. The Bertz CT molecular complexity index is 1040. The van der Waals surface area contributed by atoms with E-state index in [9.17, 15) is 14.9 Å². The number of nitrogens with zero attached hydrogens (tertiary/aromatic N) is 1. The first-order valence-electron chi connectivity index (χ1n) is 8.61. The molecule has 0 radical (unpaired) electrons. The second-order valence-corrected chi connectivity index (χ2v) is 7.05. The number of benzene rings is 3. The molecule has 0 saturated carbocycles. The Morgan fingerprint density at radius 1 is 1.00 bits per heavy atom. The maximum Gasteiger partial charge on any atom is 0.269 e. The van der Waals surface area contributed by atoms with E-state index < -0.39 is 11.0 Å². The second-order valence-electron chi connectivity index (χ2n) is 6.21. The minimum Gasteiger partial charge on any atom is -0.479 e. The van der Waals surface area contributed by atoms with Crippen molar-refractivity contribution in [3.05, 3.63) is 86.9 Å². The molecule has 3 aromatic rings. The molecule has 1 amide bonds. The lowest BCUT2D eigenvalue weighted by atomic mass is 10.1. The third kappa shape index (κ3) is 5.25. The number of hydrogen-bond donors (Lipinski definition) is 1. The molecular formula is C21H16Cl2N2O4. The summed E-state index contributed by atoms with van der Waals surface area (Å²) in [5.41, 5.74) is 2.34. The van der Waals surface area contributed by atoms with Crippen molar-refractivity contribution in [2.75, 3.05) is 5.32 Å². The van der Waals surface area contributed by atoms with Gasteiger partial charge in [-0.3, -0.25) is 14.9 Å². The summed E-state index contributed by atoms with van der Waals surface area (Å²) in [6, 6.07) is 18.2. The minimum atomic E-state index is -0.775. The number of nitrogens with one attached hydrogen (secondary N) is 1. The zero-order valence-corrected chi connectivity index (χ0v) is 16.8. The molecule has 0 heterocycles. The Hall–Kier alpha value is -3.09. The molecule has 3 aromatic carbocycles. The average Bonchev–Trinajstić information content (AvgIpc) is 2.70. The first-order chi connectivity index (χ1) is 13.8. The minimum absolute atomic E-state index is 0.0346. The highest BCUT2D eigenvalue weighted by molar-refractivity contribution is 6.35. The van der Waals surface area contributed by atoms with Gasteiger partial charge in [0.15, 0.2) is 6.10 Å². The van der Waals surface area contributed by atoms with Crippen molar-refractivity contribution in [1.82, 2.24) is 0 Å². The summed E-state index contributed by atoms with van der Waals surface area (Å²) in [5.74, 6) is 0.0336. The van der Waals surface area contributed by atoms with Crippen LogP contribution >= 0.6 is 23.2 Å². The van der Waals surface area contributed by atoms with Crippen LogP contribution in [0.25, 0.3) is 11.1 Å². The molecule has 0 fully saturated rings. The number of nitro benzene ring substituents is 1. The van der Waals surface area contributed by atoms with Crippen molar-refractivity contribution in [1.29, 1.82) is 0 Å². The summed E-state index contributed by atoms with van der Waals surface area (Å²) in [6.45, 7) is 1.62. The van der Waals surface area contributed by atoms with Crippen LogP contribution in [-0.4, -0.2) is 16.9 Å². The number of carbonyl (C=O) groups excluding carboxylic acids is 1. The SMILES string of the molecule is CC(Oc1ccc(Cl)cc1Cl)C(=O)Nc1ccc(-c2ccc([N+](=O)[O-])cc2)cc1. The van der Waals surface area contributed by atoms with Gasteiger partial charge in [-0.15, -0.1) is 0 Å². The number of anilines is 1. The smallest absolute Gasteiger partial charge is 0.269 e. The van der Waals surface area contributed by atoms with E-state index in [1.807, 2.05) is 12.1 Å². The molecule has 0 bridgehead atoms. The molecular weight excluding hydrogens is 415 g/mol. The van der Waals surface area contributed by atoms with Gasteiger partial charge in [-0.05, 0) is 60.5 Å². The zero-order valence-electron chi connectivity index (χ0n) is 15.3. The van der Waals surface area contributed by atoms with Crippen LogP contribution in [-0.2, 0) is 4.79 Å². The first-order valence-corrected chi connectivity index (χ1v) is 9.36. The van der Waals surface area contributed by atoms with E-state index in [0.717, 1.165) is 11.1 Å². The standard InChI is InChI=1S/C21H16Cl2N2O4/c1-13(29-20-11-6-16(22)12-19(20)23)21(26)24-17-7-2-14(3-8-17)15-4-9-18(10-5-15)25(27)28/h2-13H,1H3,(H,24,26). The second kappa shape index (κ2) is 8.94. The summed E-state index contributed by atoms with van der Waals surface area (Å²) >= 11 is 11.9. The molecule has 6 nitrogen and oxygen atoms in total. The number of halogens is 2. The molecule has 0 spiro atoms. The molecule has 29 heavy (non-hydrogen) atoms. The van der Waals surface area contributed by atoms with Gasteiger partial charge in [0.25, 0.3) is 11.6 Å². The molecule has 0 aliphatic carbocycles. The van der Waals surface area contributed by atoms with Crippen LogP contribution in [0.15, 0.2) is 66.7 Å². The zero-order chi connectivity index (χ0) is 21.0. The van der Waals surface area contributed by atoms with E-state index in [4.69, 9.17) is 27.9 Å². The van der Waals surface area contributed by atoms with E-state index in [0.29, 0.717) is 21.5 Å². The van der Waals surface area contributed by atoms with Crippen molar-refractivity contribution in [2.24, 2.45) is 0 Å². The van der Waals surface area contributed by atoms with E-state index in [1.165, 1.54) is 12.1 Å². The van der Waals surface area contributed by atoms with E-state index >= 15 is 0 Å². The third-order valence-electron chi connectivity index (χ3n) is 4.13. The van der Waals surface area contributed by atoms with Crippen molar-refractivity contribution in [3.63, 3.8) is 0 Å². The fourth-order valence-corrected chi connectivity index (χ4v) is 3.03. The summed E-state index contributed by atoms with van der Waals surface area (Å²) in [7, 11) is 0. The highest BCUT2D eigenvalue weighted by atomic mass is 35.5. The number of non-ortho nitro benzene ring substituents is 1. The molecule has 0 aliphatic heterocycles. The number of amides is 1. The van der Waals surface area contributed by atoms with Crippen molar-refractivity contribution < 1.29 is 14.5 Å². The van der Waals surface area contributed by atoms with Gasteiger partial charge in [0.05, 0.1) is 9.95 Å². The van der Waals surface area contributed by atoms with Gasteiger partial charge in [-0.2, -0.15) is 0 Å². The van der Waals surface area contributed by atoms with Gasteiger partial charge < -0.3 is 10.1 Å². The van der Waals surface area contributed by atoms with Gasteiger partial charge in [0.1, 0.15) is 5.75 Å². The molecule has 148 valence electrons. The van der Waals surface area contributed by atoms with Crippen LogP contribution in [0, 0.1) is 10.1 Å². The van der Waals surface area contributed by atoms with E-state index in [1.54, 1.807) is 49.4 Å². The molecule has 0 saturated heterocycles. The van der Waals surface area contributed by atoms with E-state index in [2.05, 4.69) is 5.32 Å². The Morgan fingerprint density at radius 3 is 2.14 bits per heavy atom. The van der Waals surface area contributed by atoms with Crippen molar-refractivity contribution >= 4 is 40.5 Å². The summed E-state index contributed by atoms with van der Waals surface area (Å²) in [5, 5.41) is 14.3. The summed E-state index contributed by atoms with van der Waals surface area (Å²) in [6.07, 6.45) is -0.775. The summed E-state index contributed by atoms with van der Waals surface area (Å²) in [4.78, 5) is 22.7. The molecule has 3 rings (SSSR count). The Labute approximate surface area is 177 Å². The molecule has 1 atom stereocenters.